The lowest BCUT2D eigenvalue weighted by Crippen LogP contribution is -2.50. The lowest BCUT2D eigenvalue weighted by molar-refractivity contribution is -0.124. The monoisotopic (exact) mass is 499 g/mol. The molecule has 4 unspecified atom stereocenters. The van der Waals surface area contributed by atoms with E-state index in [9.17, 15) is 22.9 Å². The number of carbonyl (C=O) groups excluding carboxylic acids is 1. The van der Waals surface area contributed by atoms with Crippen LogP contribution in [0.5, 0.6) is 5.75 Å². The summed E-state index contributed by atoms with van der Waals surface area (Å²) >= 11 is 0. The zero-order valence-corrected chi connectivity index (χ0v) is 20.7. The third-order valence-electron chi connectivity index (χ3n) is 6.82. The molecule has 2 fully saturated rings. The Bertz CT molecular complexity index is 1260. The smallest absolute Gasteiger partial charge is 0.238 e. The molecule has 9 heteroatoms. The van der Waals surface area contributed by atoms with Crippen LogP contribution >= 0.6 is 0 Å². The normalized spacial score (nSPS) is 21.9. The second-order valence-corrected chi connectivity index (χ2v) is 11.4. The lowest BCUT2D eigenvalue weighted by Gasteiger charge is -2.23. The summed E-state index contributed by atoms with van der Waals surface area (Å²) in [4.78, 5) is 12.7. The molecule has 0 spiro atoms. The average Bonchev–Trinajstić information content (AvgIpc) is 3.46. The van der Waals surface area contributed by atoms with Crippen LogP contribution in [0.15, 0.2) is 41.3 Å². The maximum atomic E-state index is 15.0. The van der Waals surface area contributed by atoms with Gasteiger partial charge in [-0.15, -0.1) is 0 Å². The number of piperidine rings is 1. The van der Waals surface area contributed by atoms with Crippen LogP contribution in [0.2, 0.25) is 0 Å². The van der Waals surface area contributed by atoms with Gasteiger partial charge in [-0.05, 0) is 85.9 Å². The Morgan fingerprint density at radius 1 is 1.26 bits per heavy atom. The van der Waals surface area contributed by atoms with Gasteiger partial charge in [-0.3, -0.25) is 4.79 Å². The second-order valence-electron chi connectivity index (χ2n) is 9.35. The van der Waals surface area contributed by atoms with Gasteiger partial charge in [0.1, 0.15) is 17.6 Å². The lowest BCUT2D eigenvalue weighted by atomic mass is 9.98. The Labute approximate surface area is 205 Å². The van der Waals surface area contributed by atoms with E-state index in [4.69, 9.17) is 4.74 Å². The third kappa shape index (κ3) is 5.82. The number of halogens is 1. The van der Waals surface area contributed by atoms with Crippen LogP contribution in [0.4, 0.5) is 4.39 Å². The standard InChI is InChI=1S/C26H30FN3O4S/c1-3-34-22-11-19(12-23(14-22)35(2,32)33)17-5-4-16(24(27)13-17)6-9-21(15-28)30-26(31)25-18-7-8-20(10-18)29-25/h4-5,11-14,18,20-21,25,29H,3,6-10H2,1-2H3,(H,30,31). The number of nitrogens with zero attached hydrogens (tertiary/aromatic N) is 1. The molecule has 1 aliphatic heterocycles. The van der Waals surface area contributed by atoms with Gasteiger partial charge in [0, 0.05) is 12.3 Å². The largest absolute Gasteiger partial charge is 0.494 e. The molecule has 0 aromatic heterocycles. The summed E-state index contributed by atoms with van der Waals surface area (Å²) in [7, 11) is -3.48. The van der Waals surface area contributed by atoms with E-state index in [2.05, 4.69) is 16.7 Å². The van der Waals surface area contributed by atoms with Crippen LogP contribution in [0.1, 0.15) is 38.2 Å². The van der Waals surface area contributed by atoms with Gasteiger partial charge < -0.3 is 15.4 Å². The summed E-state index contributed by atoms with van der Waals surface area (Å²) in [6.45, 7) is 2.17. The third-order valence-corrected chi connectivity index (χ3v) is 7.91. The Morgan fingerprint density at radius 2 is 2.06 bits per heavy atom. The zero-order chi connectivity index (χ0) is 25.2. The van der Waals surface area contributed by atoms with Crippen molar-refractivity contribution in [1.82, 2.24) is 10.6 Å². The van der Waals surface area contributed by atoms with Gasteiger partial charge in [-0.1, -0.05) is 12.1 Å². The molecule has 1 saturated carbocycles. The molecule has 1 aliphatic carbocycles. The van der Waals surface area contributed by atoms with Crippen LogP contribution in [0, 0.1) is 23.1 Å². The molecule has 1 amide bonds. The Balaban J connectivity index is 1.44. The molecule has 4 rings (SSSR count). The topological polar surface area (TPSA) is 108 Å². The summed E-state index contributed by atoms with van der Waals surface area (Å²) in [6.07, 6.45) is 4.82. The molecule has 0 radical (unpaired) electrons. The van der Waals surface area contributed by atoms with Gasteiger partial charge in [0.25, 0.3) is 0 Å². The number of amides is 1. The van der Waals surface area contributed by atoms with Crippen LogP contribution in [0.3, 0.4) is 0 Å². The van der Waals surface area contributed by atoms with Gasteiger partial charge >= 0.3 is 0 Å². The molecule has 7 nitrogen and oxygen atoms in total. The van der Waals surface area contributed by atoms with Crippen LogP contribution in [-0.2, 0) is 21.1 Å². The van der Waals surface area contributed by atoms with Gasteiger partial charge in [-0.25, -0.2) is 12.8 Å². The minimum atomic E-state index is -3.48. The number of benzene rings is 2. The average molecular weight is 500 g/mol. The molecule has 1 heterocycles. The van der Waals surface area contributed by atoms with Gasteiger partial charge in [0.2, 0.25) is 5.91 Å². The number of aryl methyl sites for hydroxylation is 1. The minimum absolute atomic E-state index is 0.0977. The molecule has 2 aliphatic rings. The van der Waals surface area contributed by atoms with Crippen molar-refractivity contribution in [3.63, 3.8) is 0 Å². The summed E-state index contributed by atoms with van der Waals surface area (Å²) in [5.41, 5.74) is 1.47. The fraction of sp³-hybridized carbons (Fsp3) is 0.462. The van der Waals surface area contributed by atoms with Crippen LogP contribution in [0.25, 0.3) is 11.1 Å². The number of nitriles is 1. The number of sulfone groups is 1. The summed E-state index contributed by atoms with van der Waals surface area (Å²) in [6, 6.07) is 10.9. The van der Waals surface area contributed by atoms with E-state index < -0.39 is 21.7 Å². The maximum absolute atomic E-state index is 15.0. The SMILES string of the molecule is CCOc1cc(-c2ccc(CCC(C#N)NC(=O)C3NC4CCC3C4)c(F)c2)cc(S(C)(=O)=O)c1. The number of ether oxygens (including phenoxy) is 1. The highest BCUT2D eigenvalue weighted by molar-refractivity contribution is 7.90. The quantitative estimate of drug-likeness (QED) is 0.548. The van der Waals surface area contributed by atoms with Gasteiger partial charge in [0.05, 0.1) is 23.6 Å². The van der Waals surface area contributed by atoms with E-state index in [0.717, 1.165) is 25.5 Å². The van der Waals surface area contributed by atoms with Crippen molar-refractivity contribution < 1.29 is 22.3 Å². The Kier molecular flexibility index (Phi) is 7.43. The first-order valence-electron chi connectivity index (χ1n) is 11.9. The van der Waals surface area contributed by atoms with Gasteiger partial charge in [0.15, 0.2) is 9.84 Å². The van der Waals surface area contributed by atoms with Crippen molar-refractivity contribution in [2.45, 2.75) is 62.0 Å². The molecular formula is C26H30FN3O4S. The number of hydrogen-bond acceptors (Lipinski definition) is 6. The minimum Gasteiger partial charge on any atom is -0.494 e. The highest BCUT2D eigenvalue weighted by Crippen LogP contribution is 2.35. The number of hydrogen-bond donors (Lipinski definition) is 2. The van der Waals surface area contributed by atoms with Gasteiger partial charge in [-0.2, -0.15) is 5.26 Å². The maximum Gasteiger partial charge on any atom is 0.238 e. The first-order valence-corrected chi connectivity index (χ1v) is 13.8. The Morgan fingerprint density at radius 3 is 2.66 bits per heavy atom. The van der Waals surface area contributed by atoms with E-state index in [-0.39, 0.29) is 29.7 Å². The molecule has 4 atom stereocenters. The number of rotatable bonds is 9. The van der Waals surface area contributed by atoms with Crippen molar-refractivity contribution in [2.75, 3.05) is 12.9 Å². The Hall–Kier alpha value is -2.96. The van der Waals surface area contributed by atoms with Crippen molar-refractivity contribution in [1.29, 1.82) is 5.26 Å². The van der Waals surface area contributed by atoms with Crippen molar-refractivity contribution in [2.24, 2.45) is 5.92 Å². The molecule has 2 N–H and O–H groups in total. The summed E-state index contributed by atoms with van der Waals surface area (Å²) in [5.74, 6) is 0.111. The van der Waals surface area contributed by atoms with E-state index >= 15 is 0 Å². The van der Waals surface area contributed by atoms with E-state index in [1.165, 1.54) is 18.2 Å². The molecular weight excluding hydrogens is 469 g/mol. The zero-order valence-electron chi connectivity index (χ0n) is 19.9. The molecule has 186 valence electrons. The molecule has 35 heavy (non-hydrogen) atoms. The van der Waals surface area contributed by atoms with Crippen molar-refractivity contribution >= 4 is 15.7 Å². The molecule has 2 aromatic carbocycles. The van der Waals surface area contributed by atoms with E-state index in [0.29, 0.717) is 41.0 Å². The number of fused-ring (bicyclic) bond motifs is 2. The van der Waals surface area contributed by atoms with E-state index in [1.54, 1.807) is 25.1 Å². The summed E-state index contributed by atoms with van der Waals surface area (Å²) < 4.78 is 44.6. The fourth-order valence-electron chi connectivity index (χ4n) is 5.01. The highest BCUT2D eigenvalue weighted by Gasteiger charge is 2.43. The number of carbonyl (C=O) groups is 1. The fourth-order valence-corrected chi connectivity index (χ4v) is 5.68. The van der Waals surface area contributed by atoms with E-state index in [1.807, 2.05) is 0 Å². The predicted octanol–water partition coefficient (Wildman–Crippen LogP) is 3.38. The first kappa shape index (κ1) is 25.1. The van der Waals surface area contributed by atoms with Crippen molar-refractivity contribution in [3.05, 3.63) is 47.8 Å². The molecule has 1 saturated heterocycles. The summed E-state index contributed by atoms with van der Waals surface area (Å²) in [5, 5.41) is 15.6. The molecule has 2 aromatic rings. The number of nitrogens with one attached hydrogen (secondary N) is 2. The highest BCUT2D eigenvalue weighted by atomic mass is 32.2. The van der Waals surface area contributed by atoms with Crippen LogP contribution in [-0.4, -0.2) is 45.3 Å². The predicted molar refractivity (Wildman–Crippen MR) is 130 cm³/mol. The first-order chi connectivity index (χ1) is 16.7. The van der Waals surface area contributed by atoms with Crippen LogP contribution < -0.4 is 15.4 Å². The molecule has 2 bridgehead atoms. The van der Waals surface area contributed by atoms with Crippen molar-refractivity contribution in [3.8, 4) is 22.9 Å². The second kappa shape index (κ2) is 10.3.